The maximum Gasteiger partial charge on any atom is 0.410 e. The molecule has 4 aromatic rings. The number of amides is 2. The fraction of sp³-hybridized carbons (Fsp3) is 0.513. The molecule has 0 radical (unpaired) electrons. The Hall–Kier alpha value is -4.47. The smallest absolute Gasteiger partial charge is 0.410 e. The zero-order valence-electron chi connectivity index (χ0n) is 32.1. The minimum absolute atomic E-state index is 0.101. The van der Waals surface area contributed by atoms with Crippen LogP contribution in [-0.4, -0.2) is 109 Å². The van der Waals surface area contributed by atoms with E-state index in [4.69, 9.17) is 16.3 Å². The van der Waals surface area contributed by atoms with Gasteiger partial charge in [-0.15, -0.1) is 0 Å². The van der Waals surface area contributed by atoms with Crippen LogP contribution in [0, 0.1) is 6.92 Å². The molecule has 2 aliphatic rings. The average molecular weight is 784 g/mol. The van der Waals surface area contributed by atoms with Crippen molar-refractivity contribution in [2.45, 2.75) is 90.7 Å². The second-order valence-electron chi connectivity index (χ2n) is 15.9. The third kappa shape index (κ3) is 9.50. The van der Waals surface area contributed by atoms with Crippen LogP contribution >= 0.6 is 11.6 Å². The molecule has 0 aliphatic carbocycles. The second kappa shape index (κ2) is 15.9. The molecular formula is C39H49ClF3N9O3. The summed E-state index contributed by atoms with van der Waals surface area (Å²) in [5.41, 5.74) is 2.23. The summed E-state index contributed by atoms with van der Waals surface area (Å²) >= 11 is 6.81. The molecular weight excluding hydrogens is 735 g/mol. The van der Waals surface area contributed by atoms with Crippen molar-refractivity contribution in [3.05, 3.63) is 82.2 Å². The minimum atomic E-state index is -4.53. The summed E-state index contributed by atoms with van der Waals surface area (Å²) in [6.07, 6.45) is 0.425. The van der Waals surface area contributed by atoms with E-state index in [0.29, 0.717) is 29.8 Å². The average Bonchev–Trinajstić information content (AvgIpc) is 3.82. The molecule has 55 heavy (non-hydrogen) atoms. The van der Waals surface area contributed by atoms with E-state index in [2.05, 4.69) is 59.7 Å². The maximum absolute atomic E-state index is 13.4. The number of alkyl halides is 3. The standard InChI is InChI=1S/C39H49ClF3N9O3/c1-25-19-30(31(40)20-32(25)52-24-28(21-45-52)34(53)44-22-33-46-35(48-47-33)38(5,6)39(41,42)43)27-9-7-26(8-10-27)23-49-13-11-29(12-14-49)50-15-17-51(18-16-50)36(54)55-37(2,3)4/h7-10,19-21,24,29H,11-18,22-23H2,1-6H3,(H,44,53)(H,46,47,48). The topological polar surface area (TPSA) is 125 Å². The summed E-state index contributed by atoms with van der Waals surface area (Å²) in [6, 6.07) is 12.8. The van der Waals surface area contributed by atoms with Crippen LogP contribution in [0.2, 0.25) is 5.02 Å². The summed E-state index contributed by atoms with van der Waals surface area (Å²) in [7, 11) is 0. The molecule has 2 N–H and O–H groups in total. The van der Waals surface area contributed by atoms with E-state index in [-0.39, 0.29) is 24.0 Å². The molecule has 2 amide bonds. The lowest BCUT2D eigenvalue weighted by atomic mass is 9.92. The molecule has 4 heterocycles. The molecule has 0 saturated carbocycles. The van der Waals surface area contributed by atoms with E-state index in [0.717, 1.165) is 76.1 Å². The largest absolute Gasteiger partial charge is 0.444 e. The van der Waals surface area contributed by atoms with Crippen molar-refractivity contribution in [3.63, 3.8) is 0 Å². The van der Waals surface area contributed by atoms with Gasteiger partial charge in [0, 0.05) is 50.5 Å². The van der Waals surface area contributed by atoms with Crippen molar-refractivity contribution in [1.82, 2.24) is 45.0 Å². The predicted octanol–water partition coefficient (Wildman–Crippen LogP) is 6.91. The molecule has 0 unspecified atom stereocenters. The van der Waals surface area contributed by atoms with Gasteiger partial charge >= 0.3 is 12.3 Å². The summed E-state index contributed by atoms with van der Waals surface area (Å²) in [4.78, 5) is 36.1. The molecule has 2 aromatic heterocycles. The van der Waals surface area contributed by atoms with Crippen molar-refractivity contribution in [3.8, 4) is 16.8 Å². The van der Waals surface area contributed by atoms with E-state index in [1.54, 1.807) is 10.9 Å². The number of aryl methyl sites for hydroxylation is 1. The van der Waals surface area contributed by atoms with Crippen LogP contribution in [-0.2, 0) is 23.2 Å². The molecule has 296 valence electrons. The highest BCUT2D eigenvalue weighted by Crippen LogP contribution is 2.38. The Kier molecular flexibility index (Phi) is 11.7. The lowest BCUT2D eigenvalue weighted by molar-refractivity contribution is -0.182. The number of carbonyl (C=O) groups excluding carboxylic acids is 2. The molecule has 0 spiro atoms. The first-order valence-electron chi connectivity index (χ1n) is 18.5. The number of hydrogen-bond acceptors (Lipinski definition) is 8. The first-order valence-corrected chi connectivity index (χ1v) is 18.9. The Labute approximate surface area is 324 Å². The Morgan fingerprint density at radius 1 is 0.982 bits per heavy atom. The van der Waals surface area contributed by atoms with Crippen LogP contribution < -0.4 is 5.32 Å². The van der Waals surface area contributed by atoms with Crippen molar-refractivity contribution >= 4 is 23.6 Å². The van der Waals surface area contributed by atoms with E-state index >= 15 is 0 Å². The van der Waals surface area contributed by atoms with Crippen LogP contribution in [0.4, 0.5) is 18.0 Å². The number of hydrogen-bond donors (Lipinski definition) is 2. The number of piperidine rings is 1. The number of aromatic nitrogens is 5. The number of carbonyl (C=O) groups is 2. The Balaban J connectivity index is 0.995. The van der Waals surface area contributed by atoms with Crippen molar-refractivity contribution in [1.29, 1.82) is 0 Å². The molecule has 16 heteroatoms. The SMILES string of the molecule is Cc1cc(-c2ccc(CN3CCC(N4CCN(C(=O)OC(C)(C)C)CC4)CC3)cc2)c(Cl)cc1-n1cc(C(=O)NCc2nc(C(C)(C)C(F)(F)F)n[nH]2)cn1. The number of likely N-dealkylation sites (tertiary alicyclic amines) is 1. The molecule has 2 saturated heterocycles. The molecule has 2 aliphatic heterocycles. The first kappa shape index (κ1) is 40.2. The van der Waals surface area contributed by atoms with Gasteiger partial charge in [0.15, 0.2) is 5.82 Å². The molecule has 2 aromatic carbocycles. The Morgan fingerprint density at radius 3 is 2.29 bits per heavy atom. The second-order valence-corrected chi connectivity index (χ2v) is 16.3. The number of benzene rings is 2. The van der Waals surface area contributed by atoms with Gasteiger partial charge < -0.3 is 15.0 Å². The normalized spacial score (nSPS) is 16.7. The van der Waals surface area contributed by atoms with Crippen molar-refractivity contribution in [2.24, 2.45) is 0 Å². The number of halogens is 4. The zero-order chi connectivity index (χ0) is 39.7. The lowest BCUT2D eigenvalue weighted by Gasteiger charge is -2.42. The summed E-state index contributed by atoms with van der Waals surface area (Å²) in [5, 5.41) is 13.7. The summed E-state index contributed by atoms with van der Waals surface area (Å²) in [6.45, 7) is 15.6. The van der Waals surface area contributed by atoms with E-state index in [1.807, 2.05) is 44.7 Å². The van der Waals surface area contributed by atoms with E-state index in [9.17, 15) is 22.8 Å². The van der Waals surface area contributed by atoms with Gasteiger partial charge in [-0.3, -0.25) is 19.7 Å². The third-order valence-corrected chi connectivity index (χ3v) is 10.6. The van der Waals surface area contributed by atoms with Gasteiger partial charge in [0.05, 0.1) is 29.0 Å². The highest BCUT2D eigenvalue weighted by Gasteiger charge is 2.51. The fourth-order valence-corrected chi connectivity index (χ4v) is 7.11. The summed E-state index contributed by atoms with van der Waals surface area (Å²) < 4.78 is 47.2. The van der Waals surface area contributed by atoms with Gasteiger partial charge in [-0.2, -0.15) is 23.4 Å². The molecule has 0 atom stereocenters. The van der Waals surface area contributed by atoms with Gasteiger partial charge in [-0.1, -0.05) is 35.9 Å². The Morgan fingerprint density at radius 2 is 1.65 bits per heavy atom. The molecule has 6 rings (SSSR count). The highest BCUT2D eigenvalue weighted by molar-refractivity contribution is 6.33. The van der Waals surface area contributed by atoms with Crippen LogP contribution in [0.25, 0.3) is 16.8 Å². The first-order chi connectivity index (χ1) is 25.9. The fourth-order valence-electron chi connectivity index (χ4n) is 6.84. The van der Waals surface area contributed by atoms with Crippen LogP contribution in [0.3, 0.4) is 0 Å². The van der Waals surface area contributed by atoms with Gasteiger partial charge in [0.1, 0.15) is 16.8 Å². The molecule has 12 nitrogen and oxygen atoms in total. The number of ether oxygens (including phenoxy) is 1. The van der Waals surface area contributed by atoms with Gasteiger partial charge in [0.2, 0.25) is 0 Å². The van der Waals surface area contributed by atoms with Crippen LogP contribution in [0.15, 0.2) is 48.8 Å². The minimum Gasteiger partial charge on any atom is -0.444 e. The quantitative estimate of drug-likeness (QED) is 0.188. The number of H-pyrrole nitrogens is 1. The molecule has 0 bridgehead atoms. The van der Waals surface area contributed by atoms with Gasteiger partial charge in [-0.05, 0) is 96.3 Å². The number of rotatable bonds is 9. The number of nitrogens with zero attached hydrogens (tertiary/aromatic N) is 7. The lowest BCUT2D eigenvalue weighted by Crippen LogP contribution is -2.54. The third-order valence-electron chi connectivity index (χ3n) is 10.3. The van der Waals surface area contributed by atoms with Gasteiger partial charge in [-0.25, -0.2) is 14.5 Å². The number of nitrogens with one attached hydrogen (secondary N) is 2. The van der Waals surface area contributed by atoms with Crippen LogP contribution in [0.1, 0.15) is 80.6 Å². The monoisotopic (exact) mass is 783 g/mol. The summed E-state index contributed by atoms with van der Waals surface area (Å²) in [5.74, 6) is -0.774. The molecule has 2 fully saturated rings. The maximum atomic E-state index is 13.4. The zero-order valence-corrected chi connectivity index (χ0v) is 32.9. The van der Waals surface area contributed by atoms with E-state index < -0.39 is 28.9 Å². The van der Waals surface area contributed by atoms with E-state index in [1.165, 1.54) is 11.8 Å². The Bertz CT molecular complexity index is 1970. The predicted molar refractivity (Wildman–Crippen MR) is 203 cm³/mol. The van der Waals surface area contributed by atoms with Gasteiger partial charge in [0.25, 0.3) is 5.91 Å². The highest BCUT2D eigenvalue weighted by atomic mass is 35.5. The van der Waals surface area contributed by atoms with Crippen LogP contribution in [0.5, 0.6) is 0 Å². The van der Waals surface area contributed by atoms with Crippen molar-refractivity contribution < 1.29 is 27.5 Å². The van der Waals surface area contributed by atoms with Crippen molar-refractivity contribution in [2.75, 3.05) is 39.3 Å². The number of piperazine rings is 1. The number of aromatic amines is 1.